The predicted molar refractivity (Wildman–Crippen MR) is 41.6 cm³/mol. The van der Waals surface area contributed by atoms with Crippen LogP contribution >= 0.6 is 0 Å². The Bertz CT molecular complexity index is 180. The van der Waals surface area contributed by atoms with Crippen molar-refractivity contribution >= 4 is 11.9 Å². The molecule has 0 aliphatic heterocycles. The van der Waals surface area contributed by atoms with E-state index in [1.807, 2.05) is 0 Å². The van der Waals surface area contributed by atoms with Crippen molar-refractivity contribution in [1.29, 1.82) is 0 Å². The Hall–Kier alpha value is -1.10. The van der Waals surface area contributed by atoms with E-state index < -0.39 is 23.8 Å². The Kier molecular flexibility index (Phi) is 4.28. The zero-order valence-electron chi connectivity index (χ0n) is 6.86. The second kappa shape index (κ2) is 4.71. The third-order valence-corrected chi connectivity index (χ3v) is 1.79. The molecule has 0 aromatic heterocycles. The Labute approximate surface area is 70.2 Å². The van der Waals surface area contributed by atoms with Gasteiger partial charge in [0.05, 0.1) is 11.8 Å². The van der Waals surface area contributed by atoms with Gasteiger partial charge in [-0.2, -0.15) is 0 Å². The Balaban J connectivity index is 4.28. The number of hydrogen-bond acceptors (Lipinski definition) is 3. The molecule has 0 spiro atoms. The quantitative estimate of drug-likeness (QED) is 0.535. The number of hydrogen-bond donors (Lipinski definition) is 3. The van der Waals surface area contributed by atoms with Crippen molar-refractivity contribution in [1.82, 2.24) is 0 Å². The molecule has 0 saturated carbocycles. The van der Waals surface area contributed by atoms with E-state index in [9.17, 15) is 9.59 Å². The van der Waals surface area contributed by atoms with Gasteiger partial charge in [-0.15, -0.1) is 0 Å². The summed E-state index contributed by atoms with van der Waals surface area (Å²) in [6, 6.07) is 0. The van der Waals surface area contributed by atoms with Gasteiger partial charge in [-0.25, -0.2) is 0 Å². The Morgan fingerprint density at radius 2 is 1.83 bits per heavy atom. The Morgan fingerprint density at radius 1 is 1.33 bits per heavy atom. The normalized spacial score (nSPS) is 15.2. The number of carboxylic acid groups (broad SMARTS) is 2. The van der Waals surface area contributed by atoms with E-state index in [0.29, 0.717) is 0 Å². The molecular weight excluding hydrogens is 162 g/mol. The van der Waals surface area contributed by atoms with Crippen LogP contribution in [0.2, 0.25) is 0 Å². The van der Waals surface area contributed by atoms with E-state index in [1.54, 1.807) is 0 Å². The molecule has 2 unspecified atom stereocenters. The molecule has 0 radical (unpaired) electrons. The molecule has 0 aromatic carbocycles. The van der Waals surface area contributed by atoms with Gasteiger partial charge < -0.3 is 15.9 Å². The second-order valence-corrected chi connectivity index (χ2v) is 2.65. The molecule has 0 saturated heterocycles. The molecule has 0 heterocycles. The van der Waals surface area contributed by atoms with Crippen LogP contribution in [-0.2, 0) is 9.59 Å². The van der Waals surface area contributed by atoms with Crippen LogP contribution in [0.25, 0.3) is 0 Å². The summed E-state index contributed by atoms with van der Waals surface area (Å²) in [6.07, 6.45) is 0.197. The molecule has 0 fully saturated rings. The maximum atomic E-state index is 10.5. The highest BCUT2D eigenvalue weighted by atomic mass is 16.4. The average Bonchev–Trinajstić information content (AvgIpc) is 1.98. The summed E-state index contributed by atoms with van der Waals surface area (Å²) in [6.45, 7) is 1.56. The number of carbonyl (C=O) groups is 2. The van der Waals surface area contributed by atoms with Crippen LogP contribution in [0.15, 0.2) is 0 Å². The lowest BCUT2D eigenvalue weighted by Crippen LogP contribution is -2.29. The maximum absolute atomic E-state index is 10.5. The fourth-order valence-corrected chi connectivity index (χ4v) is 0.939. The van der Waals surface area contributed by atoms with Crippen molar-refractivity contribution in [3.05, 3.63) is 0 Å². The van der Waals surface area contributed by atoms with Gasteiger partial charge in [0.1, 0.15) is 0 Å². The first-order valence-corrected chi connectivity index (χ1v) is 3.66. The zero-order valence-corrected chi connectivity index (χ0v) is 6.86. The molecule has 0 amide bonds. The van der Waals surface area contributed by atoms with E-state index in [-0.39, 0.29) is 13.0 Å². The zero-order chi connectivity index (χ0) is 9.72. The van der Waals surface area contributed by atoms with Gasteiger partial charge >= 0.3 is 11.9 Å². The van der Waals surface area contributed by atoms with Gasteiger partial charge in [0.15, 0.2) is 0 Å². The van der Waals surface area contributed by atoms with Gasteiger partial charge in [0.2, 0.25) is 0 Å². The highest BCUT2D eigenvalue weighted by Crippen LogP contribution is 2.15. The van der Waals surface area contributed by atoms with Crippen LogP contribution < -0.4 is 5.73 Å². The minimum absolute atomic E-state index is 0.189. The molecule has 4 N–H and O–H groups in total. The fraction of sp³-hybridized carbons (Fsp3) is 0.714. The molecule has 2 atom stereocenters. The third kappa shape index (κ3) is 2.87. The highest BCUT2D eigenvalue weighted by molar-refractivity contribution is 5.79. The molecule has 0 aromatic rings. The summed E-state index contributed by atoms with van der Waals surface area (Å²) in [4.78, 5) is 20.9. The monoisotopic (exact) mass is 175 g/mol. The molecule has 12 heavy (non-hydrogen) atoms. The smallest absolute Gasteiger partial charge is 0.307 e. The van der Waals surface area contributed by atoms with Gasteiger partial charge in [0.25, 0.3) is 0 Å². The fourth-order valence-electron chi connectivity index (χ4n) is 0.939. The number of carboxylic acids is 2. The first kappa shape index (κ1) is 10.9. The van der Waals surface area contributed by atoms with Crippen LogP contribution in [0.1, 0.15) is 13.3 Å². The van der Waals surface area contributed by atoms with Crippen LogP contribution in [0.4, 0.5) is 0 Å². The van der Waals surface area contributed by atoms with Crippen LogP contribution in [0, 0.1) is 11.8 Å². The molecular formula is C7H13NO4. The van der Waals surface area contributed by atoms with E-state index in [4.69, 9.17) is 15.9 Å². The summed E-state index contributed by atoms with van der Waals surface area (Å²) in [5.41, 5.74) is 5.15. The second-order valence-electron chi connectivity index (χ2n) is 2.65. The summed E-state index contributed by atoms with van der Waals surface area (Å²) in [7, 11) is 0. The lowest BCUT2D eigenvalue weighted by molar-refractivity contribution is -0.153. The molecule has 0 rings (SSSR count). The van der Waals surface area contributed by atoms with Gasteiger partial charge in [-0.05, 0) is 13.0 Å². The largest absolute Gasteiger partial charge is 0.481 e. The first-order valence-electron chi connectivity index (χ1n) is 3.66. The predicted octanol–water partition coefficient (Wildman–Crippen LogP) is -0.243. The standard InChI is InChI=1S/C7H13NO4/c1-4(6(9)10)5(2-3-8)7(11)12/h4-5H,2-3,8H2,1H3,(H,9,10)(H,11,12). The number of nitrogens with two attached hydrogens (primary N) is 1. The van der Waals surface area contributed by atoms with Crippen LogP contribution in [0.3, 0.4) is 0 Å². The lowest BCUT2D eigenvalue weighted by atomic mass is 9.91. The molecule has 5 nitrogen and oxygen atoms in total. The van der Waals surface area contributed by atoms with E-state index in [0.717, 1.165) is 0 Å². The lowest BCUT2D eigenvalue weighted by Gasteiger charge is -2.14. The van der Waals surface area contributed by atoms with Crippen molar-refractivity contribution in [3.8, 4) is 0 Å². The molecule has 0 bridgehead atoms. The summed E-state index contributed by atoms with van der Waals surface area (Å²) < 4.78 is 0. The summed E-state index contributed by atoms with van der Waals surface area (Å²) in [5.74, 6) is -3.97. The minimum Gasteiger partial charge on any atom is -0.481 e. The van der Waals surface area contributed by atoms with Gasteiger partial charge in [0, 0.05) is 0 Å². The SMILES string of the molecule is CC(C(=O)O)C(CCN)C(=O)O. The van der Waals surface area contributed by atoms with Crippen molar-refractivity contribution in [2.24, 2.45) is 17.6 Å². The van der Waals surface area contributed by atoms with Crippen molar-refractivity contribution in [2.75, 3.05) is 6.54 Å². The number of aliphatic carboxylic acids is 2. The van der Waals surface area contributed by atoms with Crippen molar-refractivity contribution in [2.45, 2.75) is 13.3 Å². The molecule has 70 valence electrons. The van der Waals surface area contributed by atoms with E-state index >= 15 is 0 Å². The van der Waals surface area contributed by atoms with Crippen LogP contribution in [-0.4, -0.2) is 28.7 Å². The van der Waals surface area contributed by atoms with E-state index in [2.05, 4.69) is 0 Å². The van der Waals surface area contributed by atoms with E-state index in [1.165, 1.54) is 6.92 Å². The Morgan fingerprint density at radius 3 is 2.08 bits per heavy atom. The average molecular weight is 175 g/mol. The highest BCUT2D eigenvalue weighted by Gasteiger charge is 2.28. The van der Waals surface area contributed by atoms with Crippen LogP contribution in [0.5, 0.6) is 0 Å². The summed E-state index contributed by atoms with van der Waals surface area (Å²) >= 11 is 0. The first-order chi connectivity index (χ1) is 5.50. The summed E-state index contributed by atoms with van der Waals surface area (Å²) in [5, 5.41) is 17.1. The minimum atomic E-state index is -1.10. The molecule has 0 aliphatic rings. The number of rotatable bonds is 5. The van der Waals surface area contributed by atoms with Gasteiger partial charge in [-0.1, -0.05) is 6.92 Å². The van der Waals surface area contributed by atoms with Gasteiger partial charge in [-0.3, -0.25) is 9.59 Å². The molecule has 0 aliphatic carbocycles. The van der Waals surface area contributed by atoms with Crippen molar-refractivity contribution in [3.63, 3.8) is 0 Å². The van der Waals surface area contributed by atoms with Crippen molar-refractivity contribution < 1.29 is 19.8 Å². The third-order valence-electron chi connectivity index (χ3n) is 1.79. The maximum Gasteiger partial charge on any atom is 0.307 e. The topological polar surface area (TPSA) is 101 Å². The molecule has 5 heteroatoms.